The third-order valence-electron chi connectivity index (χ3n) is 2.68. The summed E-state index contributed by atoms with van der Waals surface area (Å²) in [6, 6.07) is 4.19. The smallest absolute Gasteiger partial charge is 0.489 e. The molecular weight excluding hydrogens is 327 g/mol. The first kappa shape index (κ1) is 14.5. The molecule has 0 radical (unpaired) electrons. The number of halogens is 4. The highest BCUT2D eigenvalue weighted by Gasteiger charge is 2.32. The average molecular weight is 340 g/mol. The predicted octanol–water partition coefficient (Wildman–Crippen LogP) is 3.48. The van der Waals surface area contributed by atoms with Gasteiger partial charge in [-0.25, -0.2) is 0 Å². The van der Waals surface area contributed by atoms with Crippen molar-refractivity contribution in [3.63, 3.8) is 0 Å². The second-order valence-electron chi connectivity index (χ2n) is 4.23. The van der Waals surface area contributed by atoms with E-state index in [0.29, 0.717) is 5.75 Å². The van der Waals surface area contributed by atoms with Crippen molar-refractivity contribution in [2.75, 3.05) is 13.1 Å². The fourth-order valence-electron chi connectivity index (χ4n) is 1.88. The highest BCUT2D eigenvalue weighted by Crippen LogP contribution is 2.33. The first-order valence-corrected chi connectivity index (χ1v) is 6.66. The van der Waals surface area contributed by atoms with Gasteiger partial charge in [-0.3, -0.25) is 0 Å². The van der Waals surface area contributed by atoms with Crippen molar-refractivity contribution in [2.24, 2.45) is 0 Å². The van der Waals surface area contributed by atoms with Gasteiger partial charge in [0.2, 0.25) is 0 Å². The van der Waals surface area contributed by atoms with Gasteiger partial charge in [-0.15, -0.1) is 13.2 Å². The minimum Gasteiger partial charge on any atom is -0.489 e. The van der Waals surface area contributed by atoms with E-state index in [1.165, 1.54) is 18.2 Å². The third kappa shape index (κ3) is 4.58. The lowest BCUT2D eigenvalue weighted by Crippen LogP contribution is -2.37. The normalized spacial score (nSPS) is 20.1. The van der Waals surface area contributed by atoms with Crippen molar-refractivity contribution in [2.45, 2.75) is 25.3 Å². The first-order chi connectivity index (χ1) is 8.94. The molecule has 106 valence electrons. The van der Waals surface area contributed by atoms with Crippen LogP contribution in [0.1, 0.15) is 12.8 Å². The maximum absolute atomic E-state index is 12.1. The van der Waals surface area contributed by atoms with Gasteiger partial charge in [0.15, 0.2) is 0 Å². The molecule has 2 rings (SSSR count). The standard InChI is InChI=1S/C12H13BrF3NO2/c13-10-6-8(18-9-2-1-5-17-7-9)3-4-11(10)19-12(14,15)16/h3-4,6,9,17H,1-2,5,7H2. The molecule has 19 heavy (non-hydrogen) atoms. The van der Waals surface area contributed by atoms with Crippen molar-refractivity contribution in [1.29, 1.82) is 0 Å². The van der Waals surface area contributed by atoms with Crippen molar-refractivity contribution >= 4 is 15.9 Å². The third-order valence-corrected chi connectivity index (χ3v) is 3.30. The van der Waals surface area contributed by atoms with Gasteiger partial charge < -0.3 is 14.8 Å². The number of hydrogen-bond acceptors (Lipinski definition) is 3. The molecule has 1 aromatic rings. The molecule has 0 bridgehead atoms. The van der Waals surface area contributed by atoms with E-state index >= 15 is 0 Å². The maximum Gasteiger partial charge on any atom is 0.573 e. The lowest BCUT2D eigenvalue weighted by molar-refractivity contribution is -0.274. The van der Waals surface area contributed by atoms with Gasteiger partial charge in [0.25, 0.3) is 0 Å². The van der Waals surface area contributed by atoms with Crippen LogP contribution < -0.4 is 14.8 Å². The zero-order valence-electron chi connectivity index (χ0n) is 9.97. The quantitative estimate of drug-likeness (QED) is 0.914. The molecule has 3 nitrogen and oxygen atoms in total. The van der Waals surface area contributed by atoms with Gasteiger partial charge >= 0.3 is 6.36 Å². The number of alkyl halides is 3. The van der Waals surface area contributed by atoms with E-state index in [2.05, 4.69) is 26.0 Å². The van der Waals surface area contributed by atoms with Crippen LogP contribution in [0.25, 0.3) is 0 Å². The maximum atomic E-state index is 12.1. The summed E-state index contributed by atoms with van der Waals surface area (Å²) in [7, 11) is 0. The molecule has 1 aliphatic rings. The van der Waals surface area contributed by atoms with Gasteiger partial charge in [-0.1, -0.05) is 0 Å². The minimum atomic E-state index is -4.70. The largest absolute Gasteiger partial charge is 0.573 e. The zero-order valence-corrected chi connectivity index (χ0v) is 11.6. The number of piperidine rings is 1. The molecule has 1 aliphatic heterocycles. The monoisotopic (exact) mass is 339 g/mol. The zero-order chi connectivity index (χ0) is 13.9. The van der Waals surface area contributed by atoms with Crippen LogP contribution in [0.15, 0.2) is 22.7 Å². The Balaban J connectivity index is 2.01. The van der Waals surface area contributed by atoms with Crippen molar-refractivity contribution in [1.82, 2.24) is 5.32 Å². The van der Waals surface area contributed by atoms with Gasteiger partial charge in [0, 0.05) is 6.54 Å². The Morgan fingerprint density at radius 1 is 1.32 bits per heavy atom. The molecule has 1 aromatic carbocycles. The summed E-state index contributed by atoms with van der Waals surface area (Å²) in [4.78, 5) is 0. The van der Waals surface area contributed by atoms with E-state index in [4.69, 9.17) is 4.74 Å². The van der Waals surface area contributed by atoms with E-state index in [1.807, 2.05) is 0 Å². The molecule has 1 unspecified atom stereocenters. The van der Waals surface area contributed by atoms with Crippen molar-refractivity contribution in [3.8, 4) is 11.5 Å². The Morgan fingerprint density at radius 2 is 2.11 bits per heavy atom. The fourth-order valence-corrected chi connectivity index (χ4v) is 2.31. The number of benzene rings is 1. The van der Waals surface area contributed by atoms with Crippen LogP contribution in [0, 0.1) is 0 Å². The second kappa shape index (κ2) is 6.00. The van der Waals surface area contributed by atoms with Gasteiger partial charge in [0.05, 0.1) is 4.47 Å². The lowest BCUT2D eigenvalue weighted by atomic mass is 10.1. The van der Waals surface area contributed by atoms with Gasteiger partial charge in [-0.2, -0.15) is 0 Å². The SMILES string of the molecule is FC(F)(F)Oc1ccc(OC2CCCNC2)cc1Br. The van der Waals surface area contributed by atoms with E-state index in [-0.39, 0.29) is 16.3 Å². The van der Waals surface area contributed by atoms with Crippen LogP contribution in [-0.2, 0) is 0 Å². The van der Waals surface area contributed by atoms with Crippen LogP contribution in [0.3, 0.4) is 0 Å². The van der Waals surface area contributed by atoms with E-state index in [9.17, 15) is 13.2 Å². The number of rotatable bonds is 3. The molecule has 0 amide bonds. The van der Waals surface area contributed by atoms with Crippen LogP contribution in [0.5, 0.6) is 11.5 Å². The summed E-state index contributed by atoms with van der Waals surface area (Å²) in [6.07, 6.45) is -2.68. The van der Waals surface area contributed by atoms with E-state index in [1.54, 1.807) is 0 Å². The highest BCUT2D eigenvalue weighted by atomic mass is 79.9. The second-order valence-corrected chi connectivity index (χ2v) is 5.08. The fraction of sp³-hybridized carbons (Fsp3) is 0.500. The molecule has 0 saturated carbocycles. The Bertz CT molecular complexity index is 433. The molecule has 1 N–H and O–H groups in total. The number of hydrogen-bond donors (Lipinski definition) is 1. The van der Waals surface area contributed by atoms with E-state index < -0.39 is 6.36 Å². The van der Waals surface area contributed by atoms with E-state index in [0.717, 1.165) is 25.9 Å². The Kier molecular flexibility index (Phi) is 4.57. The minimum absolute atomic E-state index is 0.0510. The molecule has 1 heterocycles. The Morgan fingerprint density at radius 3 is 2.68 bits per heavy atom. The summed E-state index contributed by atoms with van der Waals surface area (Å²) < 4.78 is 46.1. The lowest BCUT2D eigenvalue weighted by Gasteiger charge is -2.24. The molecule has 0 spiro atoms. The molecular formula is C12H13BrF3NO2. The van der Waals surface area contributed by atoms with Crippen LogP contribution in [-0.4, -0.2) is 25.6 Å². The van der Waals surface area contributed by atoms with Crippen molar-refractivity contribution < 1.29 is 22.6 Å². The molecule has 0 aliphatic carbocycles. The van der Waals surface area contributed by atoms with Gasteiger partial charge in [0.1, 0.15) is 17.6 Å². The number of nitrogens with one attached hydrogen (secondary N) is 1. The Hall–Kier alpha value is -0.950. The molecule has 1 fully saturated rings. The molecule has 7 heteroatoms. The topological polar surface area (TPSA) is 30.5 Å². The molecule has 1 atom stereocenters. The summed E-state index contributed by atoms with van der Waals surface area (Å²) in [5.74, 6) is 0.247. The number of ether oxygens (including phenoxy) is 2. The van der Waals surface area contributed by atoms with Crippen LogP contribution in [0.2, 0.25) is 0 Å². The molecule has 0 aromatic heterocycles. The average Bonchev–Trinajstić information content (AvgIpc) is 2.33. The van der Waals surface area contributed by atoms with Crippen LogP contribution in [0.4, 0.5) is 13.2 Å². The Labute approximate surface area is 117 Å². The molecule has 1 saturated heterocycles. The summed E-state index contributed by atoms with van der Waals surface area (Å²) in [6.45, 7) is 1.72. The van der Waals surface area contributed by atoms with Gasteiger partial charge in [-0.05, 0) is 53.5 Å². The first-order valence-electron chi connectivity index (χ1n) is 5.87. The summed E-state index contributed by atoms with van der Waals surface area (Å²) >= 11 is 3.04. The van der Waals surface area contributed by atoms with Crippen molar-refractivity contribution in [3.05, 3.63) is 22.7 Å². The summed E-state index contributed by atoms with van der Waals surface area (Å²) in [5, 5.41) is 3.20. The summed E-state index contributed by atoms with van der Waals surface area (Å²) in [5.41, 5.74) is 0. The highest BCUT2D eigenvalue weighted by molar-refractivity contribution is 9.10. The predicted molar refractivity (Wildman–Crippen MR) is 67.3 cm³/mol. The van der Waals surface area contributed by atoms with Crippen LogP contribution >= 0.6 is 15.9 Å².